The molecule has 25 heavy (non-hydrogen) atoms. The Balaban J connectivity index is 1.85. The number of piperidine rings is 1. The van der Waals surface area contributed by atoms with Crippen molar-refractivity contribution in [1.82, 2.24) is 10.3 Å². The van der Waals surface area contributed by atoms with Crippen molar-refractivity contribution in [3.63, 3.8) is 0 Å². The Morgan fingerprint density at radius 1 is 1.24 bits per heavy atom. The van der Waals surface area contributed by atoms with Crippen molar-refractivity contribution >= 4 is 57.0 Å². The van der Waals surface area contributed by atoms with Gasteiger partial charge >= 0.3 is 0 Å². The Kier molecular flexibility index (Phi) is 4.48. The van der Waals surface area contributed by atoms with Crippen LogP contribution in [0.25, 0.3) is 17.0 Å². The number of nitrogens with zero attached hydrogens (tertiary/aromatic N) is 2. The number of hydrogen-bond donors (Lipinski definition) is 1. The molecule has 2 aliphatic heterocycles. The van der Waals surface area contributed by atoms with Gasteiger partial charge in [-0.05, 0) is 50.5 Å². The predicted molar refractivity (Wildman–Crippen MR) is 109 cm³/mol. The van der Waals surface area contributed by atoms with Crippen molar-refractivity contribution in [3.8, 4) is 0 Å². The molecule has 2 fully saturated rings. The van der Waals surface area contributed by atoms with Gasteiger partial charge in [0.15, 0.2) is 0 Å². The van der Waals surface area contributed by atoms with E-state index in [0.717, 1.165) is 35.4 Å². The average molecular weight is 370 g/mol. The molecule has 2 aliphatic rings. The first-order chi connectivity index (χ1) is 12.1. The Morgan fingerprint density at radius 3 is 2.76 bits per heavy atom. The highest BCUT2D eigenvalue weighted by atomic mass is 32.2. The van der Waals surface area contributed by atoms with Gasteiger partial charge in [-0.3, -0.25) is 4.79 Å². The number of thioether (sulfide) groups is 1. The molecule has 0 atom stereocenters. The van der Waals surface area contributed by atoms with Crippen molar-refractivity contribution < 1.29 is 4.79 Å². The second-order valence-electron chi connectivity index (χ2n) is 6.50. The van der Waals surface area contributed by atoms with E-state index in [1.165, 1.54) is 36.6 Å². The molecule has 0 saturated carbocycles. The van der Waals surface area contributed by atoms with Crippen LogP contribution in [0.2, 0.25) is 0 Å². The van der Waals surface area contributed by atoms with Gasteiger partial charge < -0.3 is 10.2 Å². The van der Waals surface area contributed by atoms with E-state index in [1.54, 1.807) is 0 Å². The quantitative estimate of drug-likeness (QED) is 0.640. The number of aryl methyl sites for hydroxylation is 1. The minimum atomic E-state index is -0.121. The molecule has 4 nitrogen and oxygen atoms in total. The summed E-state index contributed by atoms with van der Waals surface area (Å²) >= 11 is 6.42. The van der Waals surface area contributed by atoms with Crippen LogP contribution in [0.1, 0.15) is 30.4 Å². The van der Waals surface area contributed by atoms with Crippen LogP contribution in [0, 0.1) is 6.92 Å². The maximum Gasteiger partial charge on any atom is 0.263 e. The van der Waals surface area contributed by atoms with E-state index >= 15 is 0 Å². The molecule has 0 radical (unpaired) electrons. The monoisotopic (exact) mass is 369 g/mol. The van der Waals surface area contributed by atoms with Crippen LogP contribution in [-0.4, -0.2) is 28.3 Å². The molecule has 0 aliphatic carbocycles. The summed E-state index contributed by atoms with van der Waals surface area (Å²) in [5.74, 6) is 0.846. The first-order valence-corrected chi connectivity index (χ1v) is 9.74. The van der Waals surface area contributed by atoms with Crippen molar-refractivity contribution in [2.75, 3.05) is 18.0 Å². The lowest BCUT2D eigenvalue weighted by atomic mass is 10.1. The minimum absolute atomic E-state index is 0.121. The molecular formula is C19H19N3OS2. The zero-order valence-corrected chi connectivity index (χ0v) is 15.7. The fraction of sp³-hybridized carbons (Fsp3) is 0.316. The predicted octanol–water partition coefficient (Wildman–Crippen LogP) is 4.02. The van der Waals surface area contributed by atoms with Gasteiger partial charge in [0.05, 0.1) is 10.4 Å². The highest BCUT2D eigenvalue weighted by Crippen LogP contribution is 2.32. The number of carbonyl (C=O) groups excluding carboxylic acids is 1. The Morgan fingerprint density at radius 2 is 2.04 bits per heavy atom. The number of rotatable bonds is 2. The molecule has 3 heterocycles. The fourth-order valence-corrected chi connectivity index (χ4v) is 4.36. The van der Waals surface area contributed by atoms with E-state index in [0.29, 0.717) is 9.23 Å². The third kappa shape index (κ3) is 3.41. The van der Waals surface area contributed by atoms with Crippen molar-refractivity contribution in [3.05, 3.63) is 40.3 Å². The van der Waals surface area contributed by atoms with Gasteiger partial charge in [0.1, 0.15) is 10.1 Å². The standard InChI is InChI=1S/C19H19N3OS2/c1-12-5-6-15-13(9-12)10-14(11-16-18(23)21-19(24)25-16)17(20-15)22-7-3-2-4-8-22/h5-6,9-11H,2-4,7-8H2,1H3,(H,21,23,24)/b16-11+. The summed E-state index contributed by atoms with van der Waals surface area (Å²) < 4.78 is 0.514. The lowest BCUT2D eigenvalue weighted by molar-refractivity contribution is -0.115. The lowest BCUT2D eigenvalue weighted by Gasteiger charge is -2.29. The van der Waals surface area contributed by atoms with Gasteiger partial charge in [-0.15, -0.1) is 0 Å². The molecule has 1 N–H and O–H groups in total. The first-order valence-electron chi connectivity index (χ1n) is 8.51. The number of carbonyl (C=O) groups is 1. The van der Waals surface area contributed by atoms with E-state index in [2.05, 4.69) is 41.4 Å². The number of pyridine rings is 1. The second kappa shape index (κ2) is 6.77. The minimum Gasteiger partial charge on any atom is -0.356 e. The van der Waals surface area contributed by atoms with Crippen molar-refractivity contribution in [1.29, 1.82) is 0 Å². The smallest absolute Gasteiger partial charge is 0.263 e. The summed E-state index contributed by atoms with van der Waals surface area (Å²) in [5, 5.41) is 3.78. The van der Waals surface area contributed by atoms with Crippen LogP contribution >= 0.6 is 24.0 Å². The molecule has 4 rings (SSSR count). The van der Waals surface area contributed by atoms with Crippen LogP contribution in [0.15, 0.2) is 29.2 Å². The van der Waals surface area contributed by atoms with E-state index in [1.807, 2.05) is 6.08 Å². The van der Waals surface area contributed by atoms with Gasteiger partial charge in [-0.1, -0.05) is 35.6 Å². The number of aromatic nitrogens is 1. The molecule has 128 valence electrons. The van der Waals surface area contributed by atoms with E-state index in [-0.39, 0.29) is 5.91 Å². The molecule has 0 bridgehead atoms. The highest BCUT2D eigenvalue weighted by Gasteiger charge is 2.24. The Bertz CT molecular complexity index is 901. The van der Waals surface area contributed by atoms with Crippen LogP contribution in [-0.2, 0) is 4.79 Å². The molecule has 1 amide bonds. The molecule has 0 unspecified atom stereocenters. The van der Waals surface area contributed by atoms with Gasteiger partial charge in [0, 0.05) is 24.0 Å². The number of anilines is 1. The van der Waals surface area contributed by atoms with E-state index in [9.17, 15) is 4.79 Å². The molecule has 1 aromatic carbocycles. The fourth-order valence-electron chi connectivity index (χ4n) is 3.33. The Hall–Kier alpha value is -1.92. The molecular weight excluding hydrogens is 350 g/mol. The Labute approximate surface area is 156 Å². The van der Waals surface area contributed by atoms with Crippen molar-refractivity contribution in [2.24, 2.45) is 0 Å². The number of thiocarbonyl (C=S) groups is 1. The summed E-state index contributed by atoms with van der Waals surface area (Å²) in [6.07, 6.45) is 5.57. The normalized spacial score (nSPS) is 19.7. The summed E-state index contributed by atoms with van der Waals surface area (Å²) in [6, 6.07) is 8.44. The number of fused-ring (bicyclic) bond motifs is 1. The summed E-state index contributed by atoms with van der Waals surface area (Å²) in [5.41, 5.74) is 3.18. The van der Waals surface area contributed by atoms with E-state index in [4.69, 9.17) is 17.2 Å². The van der Waals surface area contributed by atoms with Gasteiger partial charge in [0.25, 0.3) is 5.91 Å². The maximum atomic E-state index is 12.1. The molecule has 0 spiro atoms. The zero-order chi connectivity index (χ0) is 17.4. The number of hydrogen-bond acceptors (Lipinski definition) is 5. The maximum absolute atomic E-state index is 12.1. The van der Waals surface area contributed by atoms with Crippen LogP contribution in [0.4, 0.5) is 5.82 Å². The molecule has 2 saturated heterocycles. The van der Waals surface area contributed by atoms with Crippen LogP contribution in [0.3, 0.4) is 0 Å². The third-order valence-corrected chi connectivity index (χ3v) is 5.73. The second-order valence-corrected chi connectivity index (χ2v) is 8.22. The zero-order valence-electron chi connectivity index (χ0n) is 14.0. The lowest BCUT2D eigenvalue weighted by Crippen LogP contribution is -2.30. The van der Waals surface area contributed by atoms with Gasteiger partial charge in [-0.2, -0.15) is 0 Å². The number of amides is 1. The molecule has 2 aromatic rings. The molecule has 1 aromatic heterocycles. The third-order valence-electron chi connectivity index (χ3n) is 4.56. The highest BCUT2D eigenvalue weighted by molar-refractivity contribution is 8.26. The largest absolute Gasteiger partial charge is 0.356 e. The van der Waals surface area contributed by atoms with E-state index < -0.39 is 0 Å². The van der Waals surface area contributed by atoms with Crippen LogP contribution in [0.5, 0.6) is 0 Å². The summed E-state index contributed by atoms with van der Waals surface area (Å²) in [7, 11) is 0. The van der Waals surface area contributed by atoms with Gasteiger partial charge in [0.2, 0.25) is 0 Å². The van der Waals surface area contributed by atoms with Crippen LogP contribution < -0.4 is 10.2 Å². The summed E-state index contributed by atoms with van der Waals surface area (Å²) in [4.78, 5) is 20.0. The first kappa shape index (κ1) is 16.5. The number of benzene rings is 1. The topological polar surface area (TPSA) is 45.2 Å². The molecule has 6 heteroatoms. The van der Waals surface area contributed by atoms with Crippen molar-refractivity contribution in [2.45, 2.75) is 26.2 Å². The SMILES string of the molecule is Cc1ccc2nc(N3CCCCC3)c(/C=C3/SC(=S)NC3=O)cc2c1. The van der Waals surface area contributed by atoms with Gasteiger partial charge in [-0.25, -0.2) is 4.98 Å². The number of nitrogens with one attached hydrogen (secondary N) is 1. The average Bonchev–Trinajstić information content (AvgIpc) is 2.92. The summed E-state index contributed by atoms with van der Waals surface area (Å²) in [6.45, 7) is 4.10.